The predicted octanol–water partition coefficient (Wildman–Crippen LogP) is 1.55. The maximum atomic E-state index is 11.9. The maximum absolute atomic E-state index is 11.9. The van der Waals surface area contributed by atoms with E-state index in [1.165, 1.54) is 0 Å². The van der Waals surface area contributed by atoms with Crippen LogP contribution < -0.4 is 5.32 Å². The number of carbonyl (C=O) groups excluding carboxylic acids is 2. The molecule has 100 valence electrons. The largest absolute Gasteiger partial charge is 0.388 e. The molecule has 1 unspecified atom stereocenters. The Morgan fingerprint density at radius 1 is 1.26 bits per heavy atom. The van der Waals surface area contributed by atoms with Crippen LogP contribution >= 0.6 is 0 Å². The quantitative estimate of drug-likeness (QED) is 0.806. The molecule has 1 atom stereocenters. The van der Waals surface area contributed by atoms with Gasteiger partial charge in [-0.05, 0) is 31.2 Å². The molecule has 2 amide bonds. The van der Waals surface area contributed by atoms with Gasteiger partial charge in [-0.25, -0.2) is 0 Å². The average molecular weight is 259 g/mol. The lowest BCUT2D eigenvalue weighted by Gasteiger charge is -2.50. The molecule has 3 fully saturated rings. The van der Waals surface area contributed by atoms with E-state index in [4.69, 9.17) is 0 Å². The third-order valence-corrected chi connectivity index (χ3v) is 4.44. The standard InChI is InChI=1S/C15H17NO3/c17-12(10-4-2-1-3-5-10)6-7-15-8-11(9-15)13(18)16-14(15)19/h1-5,11-12,17H,6-9H2,(H,16,18,19). The molecular weight excluding hydrogens is 242 g/mol. The third kappa shape index (κ3) is 2.06. The first-order valence-electron chi connectivity index (χ1n) is 6.69. The Morgan fingerprint density at radius 3 is 2.58 bits per heavy atom. The highest BCUT2D eigenvalue weighted by atomic mass is 16.3. The van der Waals surface area contributed by atoms with Gasteiger partial charge in [-0.1, -0.05) is 30.3 Å². The molecule has 19 heavy (non-hydrogen) atoms. The van der Waals surface area contributed by atoms with Gasteiger partial charge >= 0.3 is 0 Å². The van der Waals surface area contributed by atoms with Crippen LogP contribution in [0.4, 0.5) is 0 Å². The molecule has 1 aromatic carbocycles. The zero-order valence-corrected chi connectivity index (χ0v) is 10.6. The summed E-state index contributed by atoms with van der Waals surface area (Å²) in [6, 6.07) is 9.46. The fraction of sp³-hybridized carbons (Fsp3) is 0.467. The van der Waals surface area contributed by atoms with Crippen LogP contribution in [0.3, 0.4) is 0 Å². The minimum absolute atomic E-state index is 0.00608. The number of amides is 2. The lowest BCUT2D eigenvalue weighted by molar-refractivity contribution is -0.160. The monoisotopic (exact) mass is 259 g/mol. The van der Waals surface area contributed by atoms with E-state index in [9.17, 15) is 14.7 Å². The van der Waals surface area contributed by atoms with Crippen molar-refractivity contribution >= 4 is 11.8 Å². The lowest BCUT2D eigenvalue weighted by Crippen LogP contribution is -2.61. The van der Waals surface area contributed by atoms with Crippen LogP contribution in [0.1, 0.15) is 37.4 Å². The van der Waals surface area contributed by atoms with Gasteiger partial charge in [0.05, 0.1) is 11.5 Å². The highest BCUT2D eigenvalue weighted by Gasteiger charge is 2.56. The summed E-state index contributed by atoms with van der Waals surface area (Å²) in [7, 11) is 0. The molecule has 1 aliphatic carbocycles. The highest BCUT2D eigenvalue weighted by Crippen LogP contribution is 2.52. The summed E-state index contributed by atoms with van der Waals surface area (Å²) in [5, 5.41) is 12.5. The topological polar surface area (TPSA) is 66.4 Å². The summed E-state index contributed by atoms with van der Waals surface area (Å²) in [5.74, 6) is -0.276. The first-order valence-corrected chi connectivity index (χ1v) is 6.69. The molecule has 2 N–H and O–H groups in total. The Bertz CT molecular complexity index is 505. The second-order valence-electron chi connectivity index (χ2n) is 5.67. The Labute approximate surface area is 111 Å². The third-order valence-electron chi connectivity index (χ3n) is 4.44. The molecule has 4 rings (SSSR count). The molecule has 4 nitrogen and oxygen atoms in total. The molecule has 2 bridgehead atoms. The number of benzene rings is 1. The van der Waals surface area contributed by atoms with Crippen molar-refractivity contribution in [2.45, 2.75) is 31.8 Å². The van der Waals surface area contributed by atoms with Crippen LogP contribution in [0.2, 0.25) is 0 Å². The van der Waals surface area contributed by atoms with Gasteiger partial charge in [0.2, 0.25) is 11.8 Å². The highest BCUT2D eigenvalue weighted by molar-refractivity contribution is 6.04. The molecule has 0 spiro atoms. The van der Waals surface area contributed by atoms with Crippen molar-refractivity contribution in [3.05, 3.63) is 35.9 Å². The van der Waals surface area contributed by atoms with Crippen molar-refractivity contribution in [2.75, 3.05) is 0 Å². The van der Waals surface area contributed by atoms with Crippen LogP contribution in [-0.2, 0) is 9.59 Å². The number of nitrogens with one attached hydrogen (secondary N) is 1. The normalized spacial score (nSPS) is 30.5. The average Bonchev–Trinajstić information content (AvgIpc) is 2.37. The van der Waals surface area contributed by atoms with Gasteiger partial charge < -0.3 is 5.11 Å². The van der Waals surface area contributed by atoms with Gasteiger partial charge in [0.15, 0.2) is 0 Å². The van der Waals surface area contributed by atoms with Gasteiger partial charge in [-0.3, -0.25) is 14.9 Å². The number of hydrogen-bond acceptors (Lipinski definition) is 3. The summed E-state index contributed by atoms with van der Waals surface area (Å²) < 4.78 is 0. The fourth-order valence-electron chi connectivity index (χ4n) is 3.17. The van der Waals surface area contributed by atoms with Crippen molar-refractivity contribution in [3.63, 3.8) is 0 Å². The zero-order chi connectivity index (χ0) is 13.5. The number of imide groups is 1. The molecular formula is C15H17NO3. The number of aliphatic hydroxyl groups excluding tert-OH is 1. The van der Waals surface area contributed by atoms with Crippen LogP contribution in [0.5, 0.6) is 0 Å². The molecule has 2 saturated heterocycles. The molecule has 1 saturated carbocycles. The Hall–Kier alpha value is -1.68. The SMILES string of the molecule is O=C1NC(=O)C2(CCC(O)c3ccccc3)CC1C2. The van der Waals surface area contributed by atoms with Crippen molar-refractivity contribution in [2.24, 2.45) is 11.3 Å². The van der Waals surface area contributed by atoms with Crippen molar-refractivity contribution in [1.82, 2.24) is 5.32 Å². The summed E-state index contributed by atoms with van der Waals surface area (Å²) >= 11 is 0. The second kappa shape index (κ2) is 4.46. The molecule has 2 aliphatic heterocycles. The zero-order valence-electron chi connectivity index (χ0n) is 10.6. The molecule has 4 heteroatoms. The Balaban J connectivity index is 1.62. The van der Waals surface area contributed by atoms with Crippen LogP contribution in [0, 0.1) is 11.3 Å². The fourth-order valence-corrected chi connectivity index (χ4v) is 3.17. The van der Waals surface area contributed by atoms with Crippen LogP contribution in [0.25, 0.3) is 0 Å². The van der Waals surface area contributed by atoms with E-state index >= 15 is 0 Å². The number of piperidine rings is 2. The van der Waals surface area contributed by atoms with Gasteiger partial charge in [0.1, 0.15) is 0 Å². The van der Waals surface area contributed by atoms with Gasteiger partial charge in [0, 0.05) is 5.92 Å². The van der Waals surface area contributed by atoms with Gasteiger partial charge in [0.25, 0.3) is 0 Å². The number of rotatable bonds is 4. The summed E-state index contributed by atoms with van der Waals surface area (Å²) in [5.41, 5.74) is 0.469. The molecule has 0 aromatic heterocycles. The molecule has 0 radical (unpaired) electrons. The minimum atomic E-state index is -0.542. The first kappa shape index (κ1) is 12.4. The number of aliphatic hydroxyl groups is 1. The van der Waals surface area contributed by atoms with Crippen molar-refractivity contribution in [1.29, 1.82) is 0 Å². The minimum Gasteiger partial charge on any atom is -0.388 e. The lowest BCUT2D eigenvalue weighted by atomic mass is 9.56. The summed E-state index contributed by atoms with van der Waals surface area (Å²) in [4.78, 5) is 23.3. The van der Waals surface area contributed by atoms with E-state index in [1.54, 1.807) is 0 Å². The molecule has 3 aliphatic rings. The van der Waals surface area contributed by atoms with E-state index in [0.29, 0.717) is 25.7 Å². The number of fused-ring (bicyclic) bond motifs is 2. The van der Waals surface area contributed by atoms with Gasteiger partial charge in [-0.2, -0.15) is 0 Å². The predicted molar refractivity (Wildman–Crippen MR) is 68.9 cm³/mol. The number of hydrogen-bond donors (Lipinski definition) is 2. The molecule has 2 heterocycles. The summed E-state index contributed by atoms with van der Waals surface area (Å²) in [6.07, 6.45) is 1.95. The molecule has 1 aromatic rings. The van der Waals surface area contributed by atoms with E-state index in [1.807, 2.05) is 30.3 Å². The Morgan fingerprint density at radius 2 is 1.95 bits per heavy atom. The van der Waals surface area contributed by atoms with E-state index in [0.717, 1.165) is 5.56 Å². The van der Waals surface area contributed by atoms with Crippen molar-refractivity contribution < 1.29 is 14.7 Å². The summed E-state index contributed by atoms with van der Waals surface area (Å²) in [6.45, 7) is 0. The van der Waals surface area contributed by atoms with Crippen LogP contribution in [0.15, 0.2) is 30.3 Å². The maximum Gasteiger partial charge on any atom is 0.232 e. The second-order valence-corrected chi connectivity index (χ2v) is 5.67. The van der Waals surface area contributed by atoms with Crippen molar-refractivity contribution in [3.8, 4) is 0 Å². The number of carbonyl (C=O) groups is 2. The van der Waals surface area contributed by atoms with E-state index in [-0.39, 0.29) is 17.7 Å². The van der Waals surface area contributed by atoms with Crippen LogP contribution in [-0.4, -0.2) is 16.9 Å². The Kier molecular flexibility index (Phi) is 2.90. The van der Waals surface area contributed by atoms with E-state index in [2.05, 4.69) is 5.32 Å². The first-order chi connectivity index (χ1) is 9.11. The van der Waals surface area contributed by atoms with E-state index < -0.39 is 11.5 Å². The smallest absolute Gasteiger partial charge is 0.232 e. The van der Waals surface area contributed by atoms with Gasteiger partial charge in [-0.15, -0.1) is 0 Å².